The van der Waals surface area contributed by atoms with E-state index in [0.717, 1.165) is 64.1 Å². The molecule has 0 aromatic heterocycles. The molecule has 156 valence electrons. The summed E-state index contributed by atoms with van der Waals surface area (Å²) in [7, 11) is 3.80. The molecule has 2 fully saturated rings. The van der Waals surface area contributed by atoms with Crippen LogP contribution in [0.4, 0.5) is 0 Å². The quantitative estimate of drug-likeness (QED) is 0.805. The molecule has 1 aromatic carbocycles. The van der Waals surface area contributed by atoms with Crippen LogP contribution in [0.25, 0.3) is 0 Å². The van der Waals surface area contributed by atoms with Crippen LogP contribution in [0.2, 0.25) is 0 Å². The summed E-state index contributed by atoms with van der Waals surface area (Å²) in [6.45, 7) is 8.15. The summed E-state index contributed by atoms with van der Waals surface area (Å²) in [5.74, 6) is 1.12. The van der Waals surface area contributed by atoms with E-state index in [-0.39, 0.29) is 12.5 Å². The Hall–Kier alpha value is -1.63. The van der Waals surface area contributed by atoms with E-state index in [4.69, 9.17) is 4.74 Å². The number of amides is 1. The molecule has 3 rings (SSSR count). The van der Waals surface area contributed by atoms with E-state index >= 15 is 0 Å². The number of likely N-dealkylation sites (N-methyl/N-ethyl adjacent to an activating group) is 1. The number of carbonyl (C=O) groups excluding carboxylic acids is 1. The van der Waals surface area contributed by atoms with Crippen LogP contribution in [0.15, 0.2) is 18.2 Å². The molecule has 2 atom stereocenters. The number of aliphatic hydroxyl groups is 1. The lowest BCUT2D eigenvalue weighted by molar-refractivity contribution is 0.0216. The third kappa shape index (κ3) is 4.85. The summed E-state index contributed by atoms with van der Waals surface area (Å²) in [5, 5.41) is 9.36. The van der Waals surface area contributed by atoms with Crippen molar-refractivity contribution in [3.8, 4) is 5.75 Å². The Balaban J connectivity index is 1.72. The lowest BCUT2D eigenvalue weighted by Gasteiger charge is -2.46. The molecule has 6 heteroatoms. The van der Waals surface area contributed by atoms with Gasteiger partial charge in [-0.1, -0.05) is 6.07 Å². The fourth-order valence-electron chi connectivity index (χ4n) is 4.62. The lowest BCUT2D eigenvalue weighted by Crippen LogP contribution is -2.56. The first-order chi connectivity index (χ1) is 13.5. The van der Waals surface area contributed by atoms with Crippen LogP contribution < -0.4 is 4.74 Å². The highest BCUT2D eigenvalue weighted by Gasteiger charge is 2.36. The van der Waals surface area contributed by atoms with Crippen LogP contribution in [0.1, 0.15) is 35.2 Å². The van der Waals surface area contributed by atoms with Gasteiger partial charge in [-0.15, -0.1) is 0 Å². The molecule has 2 aliphatic rings. The maximum absolute atomic E-state index is 13.2. The predicted octanol–water partition coefficient (Wildman–Crippen LogP) is 1.85. The van der Waals surface area contributed by atoms with Crippen molar-refractivity contribution in [2.24, 2.45) is 5.92 Å². The van der Waals surface area contributed by atoms with Crippen molar-refractivity contribution in [1.29, 1.82) is 0 Å². The summed E-state index contributed by atoms with van der Waals surface area (Å²) in [5.41, 5.74) is 1.73. The highest BCUT2D eigenvalue weighted by molar-refractivity contribution is 5.97. The van der Waals surface area contributed by atoms with Gasteiger partial charge in [-0.25, -0.2) is 0 Å². The smallest absolute Gasteiger partial charge is 0.257 e. The molecule has 2 saturated heterocycles. The number of aryl methyl sites for hydroxylation is 1. The van der Waals surface area contributed by atoms with Crippen molar-refractivity contribution < 1.29 is 14.6 Å². The number of rotatable bonds is 6. The van der Waals surface area contributed by atoms with Gasteiger partial charge in [0.05, 0.1) is 12.7 Å². The third-order valence-electron chi connectivity index (χ3n) is 6.31. The second kappa shape index (κ2) is 9.72. The summed E-state index contributed by atoms with van der Waals surface area (Å²) in [4.78, 5) is 20.2. The van der Waals surface area contributed by atoms with Crippen LogP contribution in [-0.2, 0) is 0 Å². The largest absolute Gasteiger partial charge is 0.496 e. The molecular weight excluding hydrogens is 354 g/mol. The fourth-order valence-corrected chi connectivity index (χ4v) is 4.62. The second-order valence-corrected chi connectivity index (χ2v) is 8.28. The van der Waals surface area contributed by atoms with Gasteiger partial charge in [0.1, 0.15) is 5.75 Å². The number of nitrogens with zero attached hydrogens (tertiary/aromatic N) is 3. The van der Waals surface area contributed by atoms with Gasteiger partial charge in [-0.3, -0.25) is 9.69 Å². The fraction of sp³-hybridized carbons (Fsp3) is 0.682. The van der Waals surface area contributed by atoms with Gasteiger partial charge in [0.2, 0.25) is 0 Å². The first-order valence-corrected chi connectivity index (χ1v) is 10.5. The first kappa shape index (κ1) is 21.1. The standard InChI is InChI=1S/C22H35N3O3/c1-17-6-7-19(21(15-17)28-3)22(27)25-9-8-20(18(16-25)5-4-14-26)24-12-10-23(2)11-13-24/h6-7,15,18,20,26H,4-5,8-14,16H2,1-3H3/t18-,20+/m0/s1. The zero-order chi connectivity index (χ0) is 20.1. The van der Waals surface area contributed by atoms with E-state index in [1.165, 1.54) is 0 Å². The molecule has 0 unspecified atom stereocenters. The minimum absolute atomic E-state index is 0.0580. The van der Waals surface area contributed by atoms with Gasteiger partial charge in [-0.2, -0.15) is 0 Å². The third-order valence-corrected chi connectivity index (χ3v) is 6.31. The highest BCUT2D eigenvalue weighted by Crippen LogP contribution is 2.29. The van der Waals surface area contributed by atoms with E-state index in [0.29, 0.717) is 23.3 Å². The van der Waals surface area contributed by atoms with Crippen molar-refractivity contribution in [1.82, 2.24) is 14.7 Å². The van der Waals surface area contributed by atoms with Crippen molar-refractivity contribution in [2.75, 3.05) is 60.0 Å². The zero-order valence-corrected chi connectivity index (χ0v) is 17.6. The molecule has 0 saturated carbocycles. The number of aliphatic hydroxyl groups excluding tert-OH is 1. The molecule has 2 heterocycles. The van der Waals surface area contributed by atoms with Gasteiger partial charge in [0, 0.05) is 51.9 Å². The highest BCUT2D eigenvalue weighted by atomic mass is 16.5. The average Bonchev–Trinajstić information content (AvgIpc) is 2.72. The Morgan fingerprint density at radius 3 is 2.64 bits per heavy atom. The number of likely N-dealkylation sites (tertiary alicyclic amines) is 1. The van der Waals surface area contributed by atoms with Gasteiger partial charge in [-0.05, 0) is 56.8 Å². The number of piperazine rings is 1. The Bertz CT molecular complexity index is 658. The number of benzene rings is 1. The van der Waals surface area contributed by atoms with E-state index in [9.17, 15) is 9.90 Å². The number of hydrogen-bond acceptors (Lipinski definition) is 5. The van der Waals surface area contributed by atoms with Gasteiger partial charge < -0.3 is 19.6 Å². The van der Waals surface area contributed by atoms with Gasteiger partial charge >= 0.3 is 0 Å². The zero-order valence-electron chi connectivity index (χ0n) is 17.6. The van der Waals surface area contributed by atoms with Crippen molar-refractivity contribution in [3.63, 3.8) is 0 Å². The van der Waals surface area contributed by atoms with Gasteiger partial charge in [0.15, 0.2) is 0 Å². The van der Waals surface area contributed by atoms with Crippen LogP contribution in [0.3, 0.4) is 0 Å². The summed E-state index contributed by atoms with van der Waals surface area (Å²) in [6, 6.07) is 6.28. The maximum Gasteiger partial charge on any atom is 0.257 e. The van der Waals surface area contributed by atoms with Gasteiger partial charge in [0.25, 0.3) is 5.91 Å². The Morgan fingerprint density at radius 2 is 1.96 bits per heavy atom. The second-order valence-electron chi connectivity index (χ2n) is 8.28. The molecule has 2 aliphatic heterocycles. The topological polar surface area (TPSA) is 56.2 Å². The number of piperidine rings is 1. The van der Waals surface area contributed by atoms with E-state index in [1.807, 2.05) is 30.0 Å². The lowest BCUT2D eigenvalue weighted by atomic mass is 9.86. The molecule has 0 radical (unpaired) electrons. The van der Waals surface area contributed by atoms with Crippen LogP contribution >= 0.6 is 0 Å². The Labute approximate surface area is 169 Å². The molecule has 6 nitrogen and oxygen atoms in total. The van der Waals surface area contributed by atoms with Crippen LogP contribution in [0, 0.1) is 12.8 Å². The van der Waals surface area contributed by atoms with Crippen molar-refractivity contribution >= 4 is 5.91 Å². The Kier molecular flexibility index (Phi) is 7.32. The monoisotopic (exact) mass is 389 g/mol. The number of hydrogen-bond donors (Lipinski definition) is 1. The molecule has 0 bridgehead atoms. The summed E-state index contributed by atoms with van der Waals surface area (Å²) < 4.78 is 5.46. The maximum atomic E-state index is 13.2. The molecule has 1 N–H and O–H groups in total. The van der Waals surface area contributed by atoms with E-state index < -0.39 is 0 Å². The van der Waals surface area contributed by atoms with E-state index in [2.05, 4.69) is 16.8 Å². The normalized spacial score (nSPS) is 24.4. The number of methoxy groups -OCH3 is 1. The van der Waals surface area contributed by atoms with E-state index in [1.54, 1.807) is 7.11 Å². The van der Waals surface area contributed by atoms with Crippen molar-refractivity contribution in [2.45, 2.75) is 32.2 Å². The minimum atomic E-state index is 0.0580. The van der Waals surface area contributed by atoms with Crippen molar-refractivity contribution in [3.05, 3.63) is 29.3 Å². The first-order valence-electron chi connectivity index (χ1n) is 10.5. The number of ether oxygens (including phenoxy) is 1. The summed E-state index contributed by atoms with van der Waals surface area (Å²) in [6.07, 6.45) is 2.76. The predicted molar refractivity (Wildman–Crippen MR) is 111 cm³/mol. The molecule has 28 heavy (non-hydrogen) atoms. The number of carbonyl (C=O) groups is 1. The molecule has 0 aliphatic carbocycles. The molecule has 1 aromatic rings. The van der Waals surface area contributed by atoms with Crippen LogP contribution in [-0.4, -0.2) is 91.8 Å². The molecule has 1 amide bonds. The Morgan fingerprint density at radius 1 is 1.21 bits per heavy atom. The average molecular weight is 390 g/mol. The SMILES string of the molecule is COc1cc(C)ccc1C(=O)N1CC[C@@H](N2CCN(C)CC2)[C@@H](CCCO)C1. The minimum Gasteiger partial charge on any atom is -0.496 e. The molecular formula is C22H35N3O3. The van der Waals surface area contributed by atoms with Crippen LogP contribution in [0.5, 0.6) is 5.75 Å². The summed E-state index contributed by atoms with van der Waals surface area (Å²) >= 11 is 0. The molecule has 0 spiro atoms.